The maximum atomic E-state index is 4.39. The molecule has 5 heteroatoms. The fourth-order valence-electron chi connectivity index (χ4n) is 6.40. The molecule has 30 heavy (non-hydrogen) atoms. The molecule has 0 aliphatic heterocycles. The number of rotatable bonds is 3. The zero-order valence-electron chi connectivity index (χ0n) is 18.3. The quantitative estimate of drug-likeness (QED) is 0.390. The lowest BCUT2D eigenvalue weighted by Crippen LogP contribution is -2.14. The molecule has 0 radical (unpaired) electrons. The van der Waals surface area contributed by atoms with Crippen LogP contribution in [0.3, 0.4) is 0 Å². The van der Waals surface area contributed by atoms with Crippen LogP contribution in [0, 0.1) is 25.7 Å². The molecule has 156 valence electrons. The summed E-state index contributed by atoms with van der Waals surface area (Å²) < 4.78 is 1.90. The van der Waals surface area contributed by atoms with Crippen LogP contribution in [0.15, 0.2) is 18.6 Å². The molecule has 2 bridgehead atoms. The van der Waals surface area contributed by atoms with E-state index >= 15 is 0 Å². The second-order valence-corrected chi connectivity index (χ2v) is 11.1. The third-order valence-electron chi connectivity index (χ3n) is 7.64. The molecule has 4 aromatic heterocycles. The van der Waals surface area contributed by atoms with E-state index in [0.717, 1.165) is 29.0 Å². The number of fused-ring (bicyclic) bond motifs is 4. The van der Waals surface area contributed by atoms with Gasteiger partial charge in [0.05, 0.1) is 5.69 Å². The van der Waals surface area contributed by atoms with Crippen molar-refractivity contribution < 1.29 is 0 Å². The van der Waals surface area contributed by atoms with E-state index < -0.39 is 0 Å². The molecule has 0 spiro atoms. The second-order valence-electron chi connectivity index (χ2n) is 10.0. The second kappa shape index (κ2) is 6.68. The number of thiophene rings is 1. The van der Waals surface area contributed by atoms with Crippen molar-refractivity contribution >= 4 is 27.2 Å². The Bertz CT molecular complexity index is 1250. The van der Waals surface area contributed by atoms with Gasteiger partial charge in [-0.1, -0.05) is 26.7 Å². The van der Waals surface area contributed by atoms with Gasteiger partial charge < -0.3 is 4.98 Å². The Morgan fingerprint density at radius 2 is 1.90 bits per heavy atom. The highest BCUT2D eigenvalue weighted by molar-refractivity contribution is 7.19. The molecule has 0 amide bonds. The van der Waals surface area contributed by atoms with Gasteiger partial charge in [-0.25, -0.2) is 9.50 Å². The minimum Gasteiger partial charge on any atom is -0.346 e. The van der Waals surface area contributed by atoms with Gasteiger partial charge in [0.2, 0.25) is 0 Å². The number of aromatic nitrogens is 4. The maximum Gasteiger partial charge on any atom is 0.158 e. The third kappa shape index (κ3) is 2.71. The van der Waals surface area contributed by atoms with Gasteiger partial charge in [0.15, 0.2) is 5.65 Å². The standard InChI is InChI=1S/C25H30N4S/c1-13(2)20-21-15(4)23(18-9-16-5-6-17(8-16)10-18)30-25(21)28-22(20)19-7-14(3)24-26-12-27-29(24)11-19/h7,11-13,16-18,28H,5-6,8-10H2,1-4H3/t16-,17+,18+. The highest BCUT2D eigenvalue weighted by Crippen LogP contribution is 2.52. The Kier molecular flexibility index (Phi) is 4.14. The molecule has 4 heterocycles. The summed E-state index contributed by atoms with van der Waals surface area (Å²) >= 11 is 2.03. The molecule has 3 atom stereocenters. The van der Waals surface area contributed by atoms with E-state index in [1.807, 2.05) is 15.9 Å². The molecule has 2 aliphatic rings. The van der Waals surface area contributed by atoms with Crippen molar-refractivity contribution in [3.05, 3.63) is 40.2 Å². The van der Waals surface area contributed by atoms with Crippen LogP contribution in [0.5, 0.6) is 0 Å². The first-order valence-electron chi connectivity index (χ1n) is 11.4. The van der Waals surface area contributed by atoms with Gasteiger partial charge in [-0.3, -0.25) is 0 Å². The Balaban J connectivity index is 1.50. The molecular weight excluding hydrogens is 388 g/mol. The summed E-state index contributed by atoms with van der Waals surface area (Å²) in [4.78, 5) is 11.2. The van der Waals surface area contributed by atoms with E-state index in [1.165, 1.54) is 64.7 Å². The number of H-pyrrole nitrogens is 1. The van der Waals surface area contributed by atoms with E-state index in [0.29, 0.717) is 5.92 Å². The summed E-state index contributed by atoms with van der Waals surface area (Å²) in [6, 6.07) is 2.25. The first-order chi connectivity index (χ1) is 14.5. The van der Waals surface area contributed by atoms with Crippen molar-refractivity contribution in [3.8, 4) is 11.3 Å². The third-order valence-corrected chi connectivity index (χ3v) is 9.01. The van der Waals surface area contributed by atoms with Gasteiger partial charge in [0, 0.05) is 22.0 Å². The van der Waals surface area contributed by atoms with Crippen molar-refractivity contribution in [2.45, 2.75) is 71.6 Å². The van der Waals surface area contributed by atoms with E-state index in [2.05, 4.69) is 55.0 Å². The van der Waals surface area contributed by atoms with Gasteiger partial charge in [-0.15, -0.1) is 11.3 Å². The average molecular weight is 419 g/mol. The smallest absolute Gasteiger partial charge is 0.158 e. The van der Waals surface area contributed by atoms with Crippen LogP contribution in [0.25, 0.3) is 27.1 Å². The molecule has 0 unspecified atom stereocenters. The lowest BCUT2D eigenvalue weighted by Gasteiger charge is -2.27. The van der Waals surface area contributed by atoms with Crippen LogP contribution < -0.4 is 0 Å². The van der Waals surface area contributed by atoms with E-state index in [4.69, 9.17) is 0 Å². The summed E-state index contributed by atoms with van der Waals surface area (Å²) in [6.45, 7) is 9.14. The van der Waals surface area contributed by atoms with Crippen LogP contribution in [0.1, 0.15) is 79.4 Å². The van der Waals surface area contributed by atoms with Gasteiger partial charge in [-0.05, 0) is 79.5 Å². The van der Waals surface area contributed by atoms with Gasteiger partial charge in [-0.2, -0.15) is 5.10 Å². The minimum atomic E-state index is 0.462. The number of pyridine rings is 1. The van der Waals surface area contributed by atoms with Gasteiger partial charge >= 0.3 is 0 Å². The molecule has 1 N–H and O–H groups in total. The predicted molar refractivity (Wildman–Crippen MR) is 125 cm³/mol. The van der Waals surface area contributed by atoms with Crippen LogP contribution in [0.2, 0.25) is 0 Å². The number of hydrogen-bond donors (Lipinski definition) is 1. The van der Waals surface area contributed by atoms with Crippen LogP contribution in [0.4, 0.5) is 0 Å². The fraction of sp³-hybridized carbons (Fsp3) is 0.520. The van der Waals surface area contributed by atoms with Crippen LogP contribution in [-0.2, 0) is 0 Å². The number of nitrogens with zero attached hydrogens (tertiary/aromatic N) is 3. The largest absolute Gasteiger partial charge is 0.346 e. The Morgan fingerprint density at radius 3 is 2.63 bits per heavy atom. The zero-order valence-corrected chi connectivity index (χ0v) is 19.1. The van der Waals surface area contributed by atoms with Crippen molar-refractivity contribution in [1.82, 2.24) is 19.6 Å². The number of aryl methyl sites for hydroxylation is 2. The number of aromatic amines is 1. The highest BCUT2D eigenvalue weighted by atomic mass is 32.1. The summed E-state index contributed by atoms with van der Waals surface area (Å²) in [5.74, 6) is 3.20. The Labute approximate surface area is 181 Å². The summed E-state index contributed by atoms with van der Waals surface area (Å²) in [5.41, 5.74) is 7.55. The topological polar surface area (TPSA) is 46.0 Å². The Hall–Kier alpha value is -2.14. The van der Waals surface area contributed by atoms with Crippen molar-refractivity contribution in [1.29, 1.82) is 0 Å². The predicted octanol–water partition coefficient (Wildman–Crippen LogP) is 6.97. The van der Waals surface area contributed by atoms with E-state index in [9.17, 15) is 0 Å². The minimum absolute atomic E-state index is 0.462. The lowest BCUT2D eigenvalue weighted by atomic mass is 9.79. The summed E-state index contributed by atoms with van der Waals surface area (Å²) in [6.07, 6.45) is 11.0. The van der Waals surface area contributed by atoms with E-state index in [1.54, 1.807) is 11.2 Å². The van der Waals surface area contributed by atoms with Crippen LogP contribution in [-0.4, -0.2) is 19.6 Å². The van der Waals surface area contributed by atoms with Gasteiger partial charge in [0.25, 0.3) is 0 Å². The van der Waals surface area contributed by atoms with Crippen molar-refractivity contribution in [2.75, 3.05) is 0 Å². The van der Waals surface area contributed by atoms with Crippen molar-refractivity contribution in [3.63, 3.8) is 0 Å². The summed E-state index contributed by atoms with van der Waals surface area (Å²) in [5, 5.41) is 5.87. The van der Waals surface area contributed by atoms with Crippen LogP contribution >= 0.6 is 11.3 Å². The molecule has 0 saturated heterocycles. The molecule has 0 aromatic carbocycles. The lowest BCUT2D eigenvalue weighted by molar-refractivity contribution is 0.322. The fourth-order valence-corrected chi connectivity index (χ4v) is 7.75. The molecular formula is C25H30N4S. The van der Waals surface area contributed by atoms with Crippen molar-refractivity contribution in [2.24, 2.45) is 11.8 Å². The normalized spacial score (nSPS) is 24.0. The molecule has 6 rings (SSSR count). The summed E-state index contributed by atoms with van der Waals surface area (Å²) in [7, 11) is 0. The Morgan fingerprint density at radius 1 is 1.13 bits per heavy atom. The molecule has 2 saturated carbocycles. The monoisotopic (exact) mass is 418 g/mol. The number of hydrogen-bond acceptors (Lipinski definition) is 3. The first kappa shape index (κ1) is 18.6. The highest BCUT2D eigenvalue weighted by Gasteiger charge is 2.36. The molecule has 4 aromatic rings. The van der Waals surface area contributed by atoms with Gasteiger partial charge in [0.1, 0.15) is 11.2 Å². The SMILES string of the molecule is Cc1c([C@H]2C[C@@H]3CC[C@@H](C3)C2)sc2[nH]c(-c3cc(C)c4ncnn4c3)c(C(C)C)c12. The number of nitrogens with one attached hydrogen (secondary N) is 1. The molecule has 2 fully saturated rings. The maximum absolute atomic E-state index is 4.39. The zero-order chi connectivity index (χ0) is 20.6. The molecule has 2 aliphatic carbocycles. The van der Waals surface area contributed by atoms with E-state index in [-0.39, 0.29) is 0 Å². The first-order valence-corrected chi connectivity index (χ1v) is 12.3. The average Bonchev–Trinajstić information content (AvgIpc) is 3.46. The molecule has 4 nitrogen and oxygen atoms in total.